The summed E-state index contributed by atoms with van der Waals surface area (Å²) in [5.74, 6) is -1.33. The summed E-state index contributed by atoms with van der Waals surface area (Å²) in [6, 6.07) is 2.52. The quantitative estimate of drug-likeness (QED) is 0.307. The van der Waals surface area contributed by atoms with Crippen LogP contribution in [0.2, 0.25) is 5.15 Å². The molecule has 0 spiro atoms. The van der Waals surface area contributed by atoms with Gasteiger partial charge in [0.05, 0.1) is 27.8 Å². The summed E-state index contributed by atoms with van der Waals surface area (Å²) in [5, 5.41) is 0.669. The van der Waals surface area contributed by atoms with E-state index in [9.17, 15) is 14.4 Å². The van der Waals surface area contributed by atoms with Gasteiger partial charge < -0.3 is 9.47 Å². The minimum Gasteiger partial charge on any atom is -0.443 e. The molecule has 10 heteroatoms. The fourth-order valence-electron chi connectivity index (χ4n) is 3.46. The van der Waals surface area contributed by atoms with Gasteiger partial charge in [-0.1, -0.05) is 11.6 Å². The van der Waals surface area contributed by atoms with E-state index in [-0.39, 0.29) is 26.0 Å². The molecule has 186 valence electrons. The van der Waals surface area contributed by atoms with Crippen molar-refractivity contribution in [1.82, 2.24) is 9.88 Å². The zero-order chi connectivity index (χ0) is 31.1. The van der Waals surface area contributed by atoms with Gasteiger partial charge in [-0.2, -0.15) is 0 Å². The molecule has 3 heterocycles. The summed E-state index contributed by atoms with van der Waals surface area (Å²) >= 11 is 6.86. The van der Waals surface area contributed by atoms with Crippen molar-refractivity contribution in [3.8, 4) is 0 Å². The van der Waals surface area contributed by atoms with Crippen molar-refractivity contribution in [1.29, 1.82) is 0 Å². The van der Waals surface area contributed by atoms with E-state index in [1.807, 2.05) is 0 Å². The van der Waals surface area contributed by atoms with Gasteiger partial charge in [0.15, 0.2) is 0 Å². The molecule has 0 N–H and O–H groups in total. The summed E-state index contributed by atoms with van der Waals surface area (Å²) in [5.41, 5.74) is -2.47. The maximum absolute atomic E-state index is 14.2. The number of nitrogens with zero attached hydrogens (tertiary/aromatic N) is 3. The first-order valence-corrected chi connectivity index (χ1v) is 11.8. The Labute approximate surface area is 221 Å². The molecule has 0 aliphatic carbocycles. The molecule has 2 aromatic heterocycles. The summed E-state index contributed by atoms with van der Waals surface area (Å²) < 4.78 is 63.2. The Bertz CT molecular complexity index is 1600. The van der Waals surface area contributed by atoms with Crippen molar-refractivity contribution in [2.45, 2.75) is 65.6 Å². The van der Waals surface area contributed by atoms with Crippen LogP contribution in [0.4, 0.5) is 15.3 Å². The highest BCUT2D eigenvalue weighted by atomic mass is 35.5. The molecule has 1 aliphatic heterocycles. The molecule has 0 bridgehead atoms. The highest BCUT2D eigenvalue weighted by Gasteiger charge is 2.42. The van der Waals surface area contributed by atoms with Crippen LogP contribution < -0.4 is 4.90 Å². The Morgan fingerprint density at radius 2 is 1.80 bits per heavy atom. The van der Waals surface area contributed by atoms with E-state index in [2.05, 4.69) is 4.98 Å². The van der Waals surface area contributed by atoms with Crippen molar-refractivity contribution in [3.63, 3.8) is 0 Å². The molecule has 0 saturated heterocycles. The van der Waals surface area contributed by atoms with Gasteiger partial charge in [0, 0.05) is 19.6 Å². The number of aromatic nitrogens is 1. The molecular weight excluding hydrogens is 490 g/mol. The van der Waals surface area contributed by atoms with E-state index >= 15 is 0 Å². The maximum Gasteiger partial charge on any atom is 0.417 e. The number of anilines is 1. The number of ether oxygens (including phenoxy) is 2. The van der Waals surface area contributed by atoms with Gasteiger partial charge in [0.1, 0.15) is 21.2 Å². The van der Waals surface area contributed by atoms with Gasteiger partial charge in [0.2, 0.25) is 0 Å². The van der Waals surface area contributed by atoms with Crippen LogP contribution in [0.15, 0.2) is 24.3 Å². The summed E-state index contributed by atoms with van der Waals surface area (Å²) in [6.07, 6.45) is -2.94. The van der Waals surface area contributed by atoms with Crippen LogP contribution in [-0.4, -0.2) is 51.7 Å². The molecule has 0 radical (unpaired) electrons. The van der Waals surface area contributed by atoms with Crippen LogP contribution in [-0.2, 0) is 9.47 Å². The lowest BCUT2D eigenvalue weighted by Crippen LogP contribution is -2.49. The van der Waals surface area contributed by atoms with Gasteiger partial charge >= 0.3 is 12.2 Å². The first-order valence-electron chi connectivity index (χ1n) is 13.6. The number of pyridine rings is 1. The number of hydrogen-bond acceptors (Lipinski definition) is 7. The second-order valence-electron chi connectivity index (χ2n) is 9.82. The number of fused-ring (bicyclic) bond motifs is 5. The number of amides is 3. The van der Waals surface area contributed by atoms with Crippen LogP contribution in [0, 0.1) is 0 Å². The number of imide groups is 1. The molecule has 4 rings (SSSR count). The number of hydrogen-bond donors (Lipinski definition) is 0. The Balaban J connectivity index is 2.20. The predicted octanol–water partition coefficient (Wildman–Crippen LogP) is 6.62. The lowest BCUT2D eigenvalue weighted by Gasteiger charge is -2.31. The third-order valence-corrected chi connectivity index (χ3v) is 6.02. The molecule has 1 aliphatic rings. The van der Waals surface area contributed by atoms with Gasteiger partial charge in [-0.05, 0) is 72.7 Å². The monoisotopic (exact) mass is 523 g/mol. The highest BCUT2D eigenvalue weighted by molar-refractivity contribution is 7.21. The number of carbonyl (C=O) groups excluding carboxylic acids is 3. The Kier molecular flexibility index (Phi) is 4.53. The summed E-state index contributed by atoms with van der Waals surface area (Å²) in [4.78, 5) is 45.7. The molecule has 3 aromatic rings. The van der Waals surface area contributed by atoms with Gasteiger partial charge in [-0.15, -0.1) is 11.3 Å². The third-order valence-electron chi connectivity index (χ3n) is 4.68. The number of halogens is 1. The molecule has 3 amide bonds. The van der Waals surface area contributed by atoms with Gasteiger partial charge in [-0.3, -0.25) is 9.69 Å². The van der Waals surface area contributed by atoms with E-state index in [0.717, 1.165) is 11.3 Å². The molecule has 8 nitrogen and oxygen atoms in total. The SMILES string of the molecule is [2H]C([2H])([2H])C1([2H])N(C(=O)OC(C)(C)C)C(=O)c2sc3ccc4nc(Cl)ccc4c3c2N(C(=O)OC(C)(C)C)C1([2H])[2H]. The molecule has 35 heavy (non-hydrogen) atoms. The number of rotatable bonds is 0. The van der Waals surface area contributed by atoms with Gasteiger partial charge in [0.25, 0.3) is 5.91 Å². The van der Waals surface area contributed by atoms with Crippen LogP contribution in [0.1, 0.15) is 66.3 Å². The average Bonchev–Trinajstić information content (AvgIpc) is 3.12. The molecule has 0 saturated carbocycles. The van der Waals surface area contributed by atoms with Crippen molar-refractivity contribution in [2.24, 2.45) is 0 Å². The Hall–Kier alpha value is -2.91. The minimum absolute atomic E-state index is 0.0544. The number of carbonyl (C=O) groups is 3. The minimum atomic E-state index is -3.69. The van der Waals surface area contributed by atoms with Crippen molar-refractivity contribution < 1.29 is 32.1 Å². The second-order valence-corrected chi connectivity index (χ2v) is 11.3. The zero-order valence-corrected chi connectivity index (χ0v) is 21.6. The van der Waals surface area contributed by atoms with Crippen molar-refractivity contribution >= 4 is 67.7 Å². The van der Waals surface area contributed by atoms with Gasteiger partial charge in [-0.25, -0.2) is 19.5 Å². The van der Waals surface area contributed by atoms with E-state index in [0.29, 0.717) is 20.5 Å². The third kappa shape index (κ3) is 4.92. The standard InChI is InChI=1S/C25H28ClN3O5S/c1-13-12-28(22(31)33-24(2,3)4)19-18-14-8-11-17(26)27-15(14)9-10-16(18)35-20(19)21(30)29(13)23(32)34-25(5,6)7/h8-11,13H,12H2,1-7H3/i1D3,12D2,13D. The van der Waals surface area contributed by atoms with Crippen molar-refractivity contribution in [2.75, 3.05) is 11.4 Å². The normalized spacial score (nSPS) is 23.3. The first kappa shape index (κ1) is 18.4. The largest absolute Gasteiger partial charge is 0.443 e. The van der Waals surface area contributed by atoms with Crippen LogP contribution in [0.5, 0.6) is 0 Å². The summed E-state index contributed by atoms with van der Waals surface area (Å²) in [7, 11) is 0. The smallest absolute Gasteiger partial charge is 0.417 e. The van der Waals surface area contributed by atoms with E-state index in [4.69, 9.17) is 29.3 Å². The Morgan fingerprint density at radius 3 is 2.43 bits per heavy atom. The molecule has 1 unspecified atom stereocenters. The second kappa shape index (κ2) is 8.64. The lowest BCUT2D eigenvalue weighted by atomic mass is 10.1. The first-order chi connectivity index (χ1) is 18.5. The number of thiophene rings is 1. The molecular formula is C25H28ClN3O5S. The zero-order valence-electron chi connectivity index (χ0n) is 26.0. The molecule has 1 aromatic carbocycles. The topological polar surface area (TPSA) is 89.0 Å². The van der Waals surface area contributed by atoms with E-state index in [1.54, 1.807) is 18.2 Å². The lowest BCUT2D eigenvalue weighted by molar-refractivity contribution is 0.0182. The molecule has 0 fully saturated rings. The van der Waals surface area contributed by atoms with Crippen molar-refractivity contribution in [3.05, 3.63) is 34.3 Å². The van der Waals surface area contributed by atoms with Crippen LogP contribution >= 0.6 is 22.9 Å². The van der Waals surface area contributed by atoms with Crippen LogP contribution in [0.25, 0.3) is 21.0 Å². The summed E-state index contributed by atoms with van der Waals surface area (Å²) in [6.45, 7) is 1.67. The molecule has 1 atom stereocenters. The number of benzene rings is 1. The van der Waals surface area contributed by atoms with E-state index in [1.165, 1.54) is 47.6 Å². The fraction of sp³-hybridized carbons (Fsp3) is 0.440. The highest BCUT2D eigenvalue weighted by Crippen LogP contribution is 2.45. The van der Waals surface area contributed by atoms with Crippen LogP contribution in [0.3, 0.4) is 0 Å². The fourth-order valence-corrected chi connectivity index (χ4v) is 4.75. The predicted molar refractivity (Wildman–Crippen MR) is 138 cm³/mol. The average molecular weight is 524 g/mol. The Morgan fingerprint density at radius 1 is 1.14 bits per heavy atom. The van der Waals surface area contributed by atoms with E-state index < -0.39 is 48.7 Å². The maximum atomic E-state index is 14.2.